The lowest BCUT2D eigenvalue weighted by atomic mass is 9.95. The van der Waals surface area contributed by atoms with E-state index in [0.29, 0.717) is 11.1 Å². The molecule has 0 amide bonds. The molecular weight excluding hydrogens is 444 g/mol. The topological polar surface area (TPSA) is 54.5 Å². The van der Waals surface area contributed by atoms with Crippen molar-refractivity contribution in [3.05, 3.63) is 112 Å². The Morgan fingerprint density at radius 3 is 1.58 bits per heavy atom. The van der Waals surface area contributed by atoms with E-state index in [0.717, 1.165) is 5.56 Å². The van der Waals surface area contributed by atoms with Crippen molar-refractivity contribution < 1.29 is 22.0 Å². The first-order valence-corrected chi connectivity index (χ1v) is 11.7. The van der Waals surface area contributed by atoms with Gasteiger partial charge in [0, 0.05) is 24.2 Å². The van der Waals surface area contributed by atoms with Crippen LogP contribution in [0.4, 0.5) is 8.78 Å². The van der Waals surface area contributed by atoms with Crippen LogP contribution in [0.1, 0.15) is 16.7 Å². The summed E-state index contributed by atoms with van der Waals surface area (Å²) in [6.07, 6.45) is 3.13. The van der Waals surface area contributed by atoms with Crippen LogP contribution in [0.15, 0.2) is 88.8 Å². The second-order valence-electron chi connectivity index (χ2n) is 7.86. The van der Waals surface area contributed by atoms with Crippen molar-refractivity contribution in [2.75, 3.05) is 13.1 Å². The molecule has 7 heteroatoms. The number of sulfonamides is 1. The van der Waals surface area contributed by atoms with E-state index < -0.39 is 21.7 Å². The smallest absolute Gasteiger partial charge is 0.243 e. The first-order valence-electron chi connectivity index (χ1n) is 10.3. The van der Waals surface area contributed by atoms with E-state index in [1.54, 1.807) is 24.3 Å². The molecule has 1 fully saturated rings. The molecule has 0 aromatic heterocycles. The molecular formula is C26H21F2NO3S. The fraction of sp³-hybridized carbons (Fsp3) is 0.115. The zero-order chi connectivity index (χ0) is 23.6. The van der Waals surface area contributed by atoms with Crippen LogP contribution in [-0.2, 0) is 14.8 Å². The van der Waals surface area contributed by atoms with Gasteiger partial charge in [0.05, 0.1) is 4.90 Å². The van der Waals surface area contributed by atoms with Crippen molar-refractivity contribution >= 4 is 28.0 Å². The van der Waals surface area contributed by atoms with Gasteiger partial charge in [-0.05, 0) is 66.6 Å². The van der Waals surface area contributed by atoms with E-state index in [-0.39, 0.29) is 34.9 Å². The third kappa shape index (κ3) is 5.16. The molecule has 3 aromatic carbocycles. The van der Waals surface area contributed by atoms with Gasteiger partial charge in [0.15, 0.2) is 5.78 Å². The molecule has 168 valence electrons. The monoisotopic (exact) mass is 465 g/mol. The number of hydrogen-bond donors (Lipinski definition) is 0. The summed E-state index contributed by atoms with van der Waals surface area (Å²) in [5.41, 5.74) is 2.61. The molecule has 4 nitrogen and oxygen atoms in total. The summed E-state index contributed by atoms with van der Waals surface area (Å²) in [6, 6.07) is 17.7. The summed E-state index contributed by atoms with van der Waals surface area (Å²) < 4.78 is 54.5. The van der Waals surface area contributed by atoms with Gasteiger partial charge in [-0.3, -0.25) is 4.79 Å². The highest BCUT2D eigenvalue weighted by atomic mass is 32.2. The molecule has 0 atom stereocenters. The molecule has 1 aliphatic rings. The fourth-order valence-electron chi connectivity index (χ4n) is 3.56. The molecule has 4 rings (SSSR count). The average molecular weight is 466 g/mol. The molecule has 0 unspecified atom stereocenters. The summed E-state index contributed by atoms with van der Waals surface area (Å²) in [5.74, 6) is -1.13. The van der Waals surface area contributed by atoms with E-state index in [2.05, 4.69) is 0 Å². The summed E-state index contributed by atoms with van der Waals surface area (Å²) in [7, 11) is -3.89. The van der Waals surface area contributed by atoms with Gasteiger partial charge in [-0.15, -0.1) is 0 Å². The number of Topliss-reactive ketones (excluding diaryl/α,β-unsaturated/α-hetero) is 1. The highest BCUT2D eigenvalue weighted by molar-refractivity contribution is 7.89. The normalized spacial score (nSPS) is 17.6. The Morgan fingerprint density at radius 2 is 1.15 bits per heavy atom. The van der Waals surface area contributed by atoms with Gasteiger partial charge >= 0.3 is 0 Å². The minimum absolute atomic E-state index is 0.118. The van der Waals surface area contributed by atoms with E-state index in [1.807, 2.05) is 6.92 Å². The van der Waals surface area contributed by atoms with E-state index in [9.17, 15) is 22.0 Å². The van der Waals surface area contributed by atoms with Gasteiger partial charge in [0.25, 0.3) is 0 Å². The molecule has 0 spiro atoms. The van der Waals surface area contributed by atoms with Crippen LogP contribution in [-0.4, -0.2) is 31.6 Å². The molecule has 3 aromatic rings. The molecule has 1 aliphatic heterocycles. The molecule has 0 aliphatic carbocycles. The highest BCUT2D eigenvalue weighted by Crippen LogP contribution is 2.27. The van der Waals surface area contributed by atoms with Crippen LogP contribution < -0.4 is 0 Å². The lowest BCUT2D eigenvalue weighted by molar-refractivity contribution is -0.113. The quantitative estimate of drug-likeness (QED) is 0.509. The lowest BCUT2D eigenvalue weighted by Crippen LogP contribution is -2.41. The van der Waals surface area contributed by atoms with E-state index in [4.69, 9.17) is 0 Å². The van der Waals surface area contributed by atoms with Crippen molar-refractivity contribution in [3.8, 4) is 0 Å². The van der Waals surface area contributed by atoms with Gasteiger partial charge in [-0.2, -0.15) is 4.31 Å². The molecule has 1 saturated heterocycles. The third-order valence-corrected chi connectivity index (χ3v) is 7.16. The first kappa shape index (κ1) is 22.8. The molecule has 1 heterocycles. The maximum Gasteiger partial charge on any atom is 0.243 e. The number of aryl methyl sites for hydroxylation is 1. The highest BCUT2D eigenvalue weighted by Gasteiger charge is 2.34. The number of ketones is 1. The number of benzene rings is 3. The Balaban J connectivity index is 1.77. The Labute approximate surface area is 191 Å². The number of carbonyl (C=O) groups is 1. The van der Waals surface area contributed by atoms with Gasteiger partial charge in [-0.25, -0.2) is 17.2 Å². The minimum Gasteiger partial charge on any atom is -0.289 e. The van der Waals surface area contributed by atoms with Crippen LogP contribution in [0.3, 0.4) is 0 Å². The SMILES string of the molecule is Cc1ccc(S(=O)(=O)N2CC(=Cc3ccc(F)cc3)C(=O)C(=Cc3ccc(F)cc3)C2)cc1. The number of piperidine rings is 1. The number of hydrogen-bond acceptors (Lipinski definition) is 3. The van der Waals surface area contributed by atoms with Crippen molar-refractivity contribution in [3.63, 3.8) is 0 Å². The Morgan fingerprint density at radius 1 is 0.727 bits per heavy atom. The van der Waals surface area contributed by atoms with Crippen LogP contribution in [0, 0.1) is 18.6 Å². The maximum atomic E-state index is 13.4. The Bertz CT molecular complexity index is 1270. The predicted molar refractivity (Wildman–Crippen MR) is 124 cm³/mol. The molecule has 0 saturated carbocycles. The lowest BCUT2D eigenvalue weighted by Gasteiger charge is -2.29. The Kier molecular flexibility index (Phi) is 6.35. The van der Waals surface area contributed by atoms with Crippen molar-refractivity contribution in [2.24, 2.45) is 0 Å². The average Bonchev–Trinajstić information content (AvgIpc) is 2.79. The fourth-order valence-corrected chi connectivity index (χ4v) is 4.95. The van der Waals surface area contributed by atoms with Gasteiger partial charge in [0.2, 0.25) is 10.0 Å². The molecule has 33 heavy (non-hydrogen) atoms. The van der Waals surface area contributed by atoms with E-state index >= 15 is 0 Å². The van der Waals surface area contributed by atoms with Crippen molar-refractivity contribution in [1.82, 2.24) is 4.31 Å². The van der Waals surface area contributed by atoms with Gasteiger partial charge in [0.1, 0.15) is 11.6 Å². The number of halogens is 2. The molecule has 0 N–H and O–H groups in total. The third-order valence-electron chi connectivity index (χ3n) is 5.36. The first-order chi connectivity index (χ1) is 15.7. The molecule has 0 radical (unpaired) electrons. The van der Waals surface area contributed by atoms with Gasteiger partial charge in [-0.1, -0.05) is 42.0 Å². The van der Waals surface area contributed by atoms with Crippen molar-refractivity contribution in [1.29, 1.82) is 0 Å². The second-order valence-corrected chi connectivity index (χ2v) is 9.80. The zero-order valence-electron chi connectivity index (χ0n) is 17.8. The molecule has 0 bridgehead atoms. The summed E-state index contributed by atoms with van der Waals surface area (Å²) in [4.78, 5) is 13.3. The summed E-state index contributed by atoms with van der Waals surface area (Å²) >= 11 is 0. The zero-order valence-corrected chi connectivity index (χ0v) is 18.6. The number of rotatable bonds is 4. The number of carbonyl (C=O) groups excluding carboxylic acids is 1. The summed E-state index contributed by atoms with van der Waals surface area (Å²) in [5, 5.41) is 0. The van der Waals surface area contributed by atoms with Gasteiger partial charge < -0.3 is 0 Å². The Hall–Kier alpha value is -3.42. The largest absolute Gasteiger partial charge is 0.289 e. The van der Waals surface area contributed by atoms with Crippen LogP contribution in [0.2, 0.25) is 0 Å². The second kappa shape index (κ2) is 9.21. The van der Waals surface area contributed by atoms with Crippen LogP contribution >= 0.6 is 0 Å². The summed E-state index contributed by atoms with van der Waals surface area (Å²) in [6.45, 7) is 1.63. The van der Waals surface area contributed by atoms with Crippen LogP contribution in [0.25, 0.3) is 12.2 Å². The standard InChI is InChI=1S/C26H21F2NO3S/c1-18-2-12-25(13-3-18)33(31,32)29-16-21(14-19-4-8-23(27)9-5-19)26(30)22(17-29)15-20-6-10-24(28)11-7-20/h2-15H,16-17H2,1H3. The number of nitrogens with zero attached hydrogens (tertiary/aromatic N) is 1. The van der Waals surface area contributed by atoms with E-state index in [1.165, 1.54) is 65.0 Å². The minimum atomic E-state index is -3.89. The maximum absolute atomic E-state index is 13.4. The predicted octanol–water partition coefficient (Wildman–Crippen LogP) is 5.01. The van der Waals surface area contributed by atoms with Crippen LogP contribution in [0.5, 0.6) is 0 Å². The van der Waals surface area contributed by atoms with Crippen molar-refractivity contribution in [2.45, 2.75) is 11.8 Å².